The van der Waals surface area contributed by atoms with Gasteiger partial charge in [0, 0.05) is 24.5 Å². The molecule has 0 fully saturated rings. The van der Waals surface area contributed by atoms with Gasteiger partial charge in [-0.1, -0.05) is 11.6 Å². The first-order valence-corrected chi connectivity index (χ1v) is 9.88. The van der Waals surface area contributed by atoms with E-state index in [9.17, 15) is 8.42 Å². The van der Waals surface area contributed by atoms with Crippen LogP contribution in [-0.4, -0.2) is 13.4 Å². The smallest absolute Gasteiger partial charge is 0.250 e. The molecular weight excluding hydrogens is 360 g/mol. The van der Waals surface area contributed by atoms with Crippen LogP contribution in [0.4, 0.5) is 0 Å². The number of hydrogen-bond acceptors (Lipinski definition) is 5. The van der Waals surface area contributed by atoms with E-state index in [4.69, 9.17) is 11.6 Å². The summed E-state index contributed by atoms with van der Waals surface area (Å²) in [6.07, 6.45) is 3.42. The summed E-state index contributed by atoms with van der Waals surface area (Å²) in [4.78, 5) is 4.17. The lowest BCUT2D eigenvalue weighted by Crippen LogP contribution is -2.22. The predicted molar refractivity (Wildman–Crippen MR) is 90.9 cm³/mol. The maximum absolute atomic E-state index is 12.2. The molecule has 0 saturated heterocycles. The topological polar surface area (TPSA) is 59.1 Å². The van der Waals surface area contributed by atoms with E-state index in [-0.39, 0.29) is 10.8 Å². The first kappa shape index (κ1) is 15.6. The zero-order chi connectivity index (χ0) is 15.6. The lowest BCUT2D eigenvalue weighted by molar-refractivity contribution is 0.583. The van der Waals surface area contributed by atoms with Crippen LogP contribution in [0.15, 0.2) is 51.6 Å². The summed E-state index contributed by atoms with van der Waals surface area (Å²) < 4.78 is 27.5. The molecule has 0 bridgehead atoms. The summed E-state index contributed by atoms with van der Waals surface area (Å²) in [5.41, 5.74) is 2.85. The molecule has 1 N–H and O–H groups in total. The molecule has 0 aliphatic rings. The van der Waals surface area contributed by atoms with Gasteiger partial charge in [0.2, 0.25) is 10.0 Å². The van der Waals surface area contributed by atoms with E-state index in [2.05, 4.69) is 9.71 Å². The van der Waals surface area contributed by atoms with E-state index in [1.165, 1.54) is 6.07 Å². The molecule has 22 heavy (non-hydrogen) atoms. The Kier molecular flexibility index (Phi) is 4.60. The Labute approximate surface area is 141 Å². The summed E-state index contributed by atoms with van der Waals surface area (Å²) in [6, 6.07) is 7.00. The molecule has 0 aromatic carbocycles. The van der Waals surface area contributed by atoms with E-state index < -0.39 is 10.0 Å². The molecule has 4 nitrogen and oxygen atoms in total. The second-order valence-electron chi connectivity index (χ2n) is 4.48. The van der Waals surface area contributed by atoms with Crippen LogP contribution in [0.25, 0.3) is 11.1 Å². The molecule has 0 aliphatic heterocycles. The zero-order valence-electron chi connectivity index (χ0n) is 11.2. The van der Waals surface area contributed by atoms with Gasteiger partial charge in [0.05, 0.1) is 4.34 Å². The highest BCUT2D eigenvalue weighted by Crippen LogP contribution is 2.26. The van der Waals surface area contributed by atoms with E-state index in [1.54, 1.807) is 29.8 Å². The molecule has 0 radical (unpaired) electrons. The first-order valence-electron chi connectivity index (χ1n) is 6.26. The highest BCUT2D eigenvalue weighted by Gasteiger charge is 2.16. The summed E-state index contributed by atoms with van der Waals surface area (Å²) in [7, 11) is -3.55. The maximum Gasteiger partial charge on any atom is 0.250 e. The summed E-state index contributed by atoms with van der Waals surface area (Å²) >= 11 is 8.42. The van der Waals surface area contributed by atoms with Crippen molar-refractivity contribution >= 4 is 44.3 Å². The van der Waals surface area contributed by atoms with Crippen molar-refractivity contribution in [2.24, 2.45) is 0 Å². The predicted octanol–water partition coefficient (Wildman–Crippen LogP) is 4.00. The zero-order valence-corrected chi connectivity index (χ0v) is 14.4. The molecule has 0 amide bonds. The average Bonchev–Trinajstić information content (AvgIpc) is 3.17. The summed E-state index contributed by atoms with van der Waals surface area (Å²) in [6.45, 7) is 0.183. The van der Waals surface area contributed by atoms with E-state index in [0.29, 0.717) is 4.34 Å². The van der Waals surface area contributed by atoms with Gasteiger partial charge in [-0.05, 0) is 46.2 Å². The monoisotopic (exact) mass is 370 g/mol. The first-order chi connectivity index (χ1) is 10.5. The number of pyridine rings is 1. The van der Waals surface area contributed by atoms with Crippen LogP contribution in [0.3, 0.4) is 0 Å². The van der Waals surface area contributed by atoms with Gasteiger partial charge in [0.1, 0.15) is 4.21 Å². The van der Waals surface area contributed by atoms with Crippen LogP contribution in [0.1, 0.15) is 5.56 Å². The van der Waals surface area contributed by atoms with E-state index in [0.717, 1.165) is 28.0 Å². The third-order valence-corrected chi connectivity index (χ3v) is 6.74. The van der Waals surface area contributed by atoms with E-state index in [1.807, 2.05) is 22.9 Å². The highest BCUT2D eigenvalue weighted by atomic mass is 35.5. The Bertz CT molecular complexity index is 873. The van der Waals surface area contributed by atoms with Crippen molar-refractivity contribution in [2.45, 2.75) is 10.8 Å². The van der Waals surface area contributed by atoms with Crippen LogP contribution >= 0.6 is 34.3 Å². The van der Waals surface area contributed by atoms with Crippen molar-refractivity contribution in [1.29, 1.82) is 0 Å². The third kappa shape index (κ3) is 3.56. The number of nitrogens with zero attached hydrogens (tertiary/aromatic N) is 1. The number of halogens is 1. The summed E-state index contributed by atoms with van der Waals surface area (Å²) in [5, 5.41) is 4.02. The van der Waals surface area contributed by atoms with Crippen LogP contribution in [0.2, 0.25) is 4.34 Å². The molecule has 0 saturated carbocycles. The van der Waals surface area contributed by atoms with Crippen molar-refractivity contribution in [3.05, 3.63) is 57.3 Å². The van der Waals surface area contributed by atoms with E-state index >= 15 is 0 Å². The van der Waals surface area contributed by atoms with Gasteiger partial charge in [0.25, 0.3) is 0 Å². The summed E-state index contributed by atoms with van der Waals surface area (Å²) in [5.74, 6) is 0. The van der Waals surface area contributed by atoms with Crippen molar-refractivity contribution in [1.82, 2.24) is 9.71 Å². The quantitative estimate of drug-likeness (QED) is 0.738. The van der Waals surface area contributed by atoms with Gasteiger partial charge in [0.15, 0.2) is 0 Å². The van der Waals surface area contributed by atoms with Crippen LogP contribution in [-0.2, 0) is 16.6 Å². The van der Waals surface area contributed by atoms with Gasteiger partial charge in [-0.3, -0.25) is 4.98 Å². The molecular formula is C14H11ClN2O2S3. The number of sulfonamides is 1. The van der Waals surface area contributed by atoms with Crippen molar-refractivity contribution in [2.75, 3.05) is 0 Å². The fourth-order valence-electron chi connectivity index (χ4n) is 1.86. The molecule has 114 valence electrons. The lowest BCUT2D eigenvalue weighted by atomic mass is 10.1. The number of aromatic nitrogens is 1. The van der Waals surface area contributed by atoms with Gasteiger partial charge >= 0.3 is 0 Å². The fourth-order valence-corrected chi connectivity index (χ4v) is 5.07. The molecule has 0 atom stereocenters. The van der Waals surface area contributed by atoms with Gasteiger partial charge in [-0.2, -0.15) is 11.3 Å². The molecule has 0 spiro atoms. The van der Waals surface area contributed by atoms with Crippen molar-refractivity contribution in [3.63, 3.8) is 0 Å². The third-order valence-electron chi connectivity index (χ3n) is 2.93. The standard InChI is InChI=1S/C14H11ClN2O2S3/c15-13-1-2-14(21-13)22(18,19)17-7-10-5-12(8-16-6-10)11-3-4-20-9-11/h1-6,8-9,17H,7H2. The minimum absolute atomic E-state index is 0.183. The Hall–Kier alpha value is -1.25. The number of rotatable bonds is 5. The lowest BCUT2D eigenvalue weighted by Gasteiger charge is -2.06. The Morgan fingerprint density at radius 1 is 1.18 bits per heavy atom. The SMILES string of the molecule is O=S(=O)(NCc1cncc(-c2ccsc2)c1)c1ccc(Cl)s1. The molecule has 3 aromatic rings. The minimum Gasteiger partial charge on any atom is -0.264 e. The normalized spacial score (nSPS) is 11.7. The van der Waals surface area contributed by atoms with Crippen molar-refractivity contribution in [3.8, 4) is 11.1 Å². The van der Waals surface area contributed by atoms with Gasteiger partial charge in [-0.25, -0.2) is 13.1 Å². The average molecular weight is 371 g/mol. The highest BCUT2D eigenvalue weighted by molar-refractivity contribution is 7.91. The maximum atomic E-state index is 12.2. The number of hydrogen-bond donors (Lipinski definition) is 1. The molecule has 0 aliphatic carbocycles. The van der Waals surface area contributed by atoms with Crippen LogP contribution in [0, 0.1) is 0 Å². The Morgan fingerprint density at radius 2 is 2.05 bits per heavy atom. The fraction of sp³-hybridized carbons (Fsp3) is 0.0714. The molecule has 0 unspecified atom stereocenters. The van der Waals surface area contributed by atoms with Crippen LogP contribution in [0.5, 0.6) is 0 Å². The molecule has 3 aromatic heterocycles. The molecule has 8 heteroatoms. The second kappa shape index (κ2) is 6.47. The van der Waals surface area contributed by atoms with Crippen LogP contribution < -0.4 is 4.72 Å². The van der Waals surface area contributed by atoms with Crippen molar-refractivity contribution < 1.29 is 8.42 Å². The van der Waals surface area contributed by atoms with Gasteiger partial charge < -0.3 is 0 Å². The minimum atomic E-state index is -3.55. The number of thiophene rings is 2. The Balaban J connectivity index is 1.75. The molecule has 3 heterocycles. The Morgan fingerprint density at radius 3 is 2.73 bits per heavy atom. The molecule has 3 rings (SSSR count). The van der Waals surface area contributed by atoms with Gasteiger partial charge in [-0.15, -0.1) is 11.3 Å². The second-order valence-corrected chi connectivity index (χ2v) is 8.97. The number of nitrogens with one attached hydrogen (secondary N) is 1. The largest absolute Gasteiger partial charge is 0.264 e.